The number of thiazole rings is 1. The second kappa shape index (κ2) is 9.26. The van der Waals surface area contributed by atoms with Crippen LogP contribution in [0.15, 0.2) is 29.8 Å². The molecule has 2 aliphatic heterocycles. The Hall–Kier alpha value is -1.92. The molecular formula is C23H32N4OS. The minimum Gasteiger partial charge on any atom is -0.369 e. The summed E-state index contributed by atoms with van der Waals surface area (Å²) < 4.78 is 0. The van der Waals surface area contributed by atoms with E-state index in [0.717, 1.165) is 57.8 Å². The van der Waals surface area contributed by atoms with Crippen LogP contribution in [0.2, 0.25) is 0 Å². The minimum atomic E-state index is 0.307. The molecule has 2 aromatic rings. The van der Waals surface area contributed by atoms with Crippen LogP contribution >= 0.6 is 11.3 Å². The SMILES string of the molecule is Cc1ccccc1N1CCN([C@H]2CCCN(C(=O)CCc3scnc3C)C2)CC1. The van der Waals surface area contributed by atoms with Crippen molar-refractivity contribution in [1.82, 2.24) is 14.8 Å². The number of carbonyl (C=O) groups excluding carboxylic acids is 1. The Labute approximate surface area is 178 Å². The van der Waals surface area contributed by atoms with Crippen LogP contribution in [0.4, 0.5) is 5.69 Å². The maximum Gasteiger partial charge on any atom is 0.222 e. The van der Waals surface area contributed by atoms with Gasteiger partial charge in [0.1, 0.15) is 0 Å². The van der Waals surface area contributed by atoms with Crippen LogP contribution in [-0.4, -0.2) is 66.0 Å². The Bertz CT molecular complexity index is 828. The molecule has 2 fully saturated rings. The number of aryl methyl sites for hydroxylation is 3. The molecule has 1 aromatic carbocycles. The largest absolute Gasteiger partial charge is 0.369 e. The summed E-state index contributed by atoms with van der Waals surface area (Å²) in [5.74, 6) is 0.307. The lowest BCUT2D eigenvalue weighted by atomic mass is 10.0. The van der Waals surface area contributed by atoms with E-state index < -0.39 is 0 Å². The van der Waals surface area contributed by atoms with Crippen LogP contribution in [-0.2, 0) is 11.2 Å². The average molecular weight is 413 g/mol. The van der Waals surface area contributed by atoms with Gasteiger partial charge in [-0.1, -0.05) is 18.2 Å². The summed E-state index contributed by atoms with van der Waals surface area (Å²) in [6.45, 7) is 10.3. The van der Waals surface area contributed by atoms with E-state index in [-0.39, 0.29) is 0 Å². The molecule has 0 unspecified atom stereocenters. The van der Waals surface area contributed by atoms with E-state index in [1.165, 1.54) is 22.5 Å². The van der Waals surface area contributed by atoms with Crippen molar-refractivity contribution in [2.75, 3.05) is 44.2 Å². The van der Waals surface area contributed by atoms with Crippen LogP contribution in [0.5, 0.6) is 0 Å². The summed E-state index contributed by atoms with van der Waals surface area (Å²) in [7, 11) is 0. The van der Waals surface area contributed by atoms with Crippen molar-refractivity contribution in [2.24, 2.45) is 0 Å². The Morgan fingerprint density at radius 3 is 2.66 bits per heavy atom. The van der Waals surface area contributed by atoms with Crippen LogP contribution in [0.3, 0.4) is 0 Å². The Morgan fingerprint density at radius 2 is 1.93 bits per heavy atom. The first kappa shape index (κ1) is 20.4. The summed E-state index contributed by atoms with van der Waals surface area (Å²) in [6, 6.07) is 9.18. The molecule has 2 saturated heterocycles. The van der Waals surface area contributed by atoms with E-state index in [4.69, 9.17) is 0 Å². The monoisotopic (exact) mass is 412 g/mol. The fraction of sp³-hybridized carbons (Fsp3) is 0.565. The number of para-hydroxylation sites is 1. The van der Waals surface area contributed by atoms with Crippen molar-refractivity contribution in [3.63, 3.8) is 0 Å². The van der Waals surface area contributed by atoms with Gasteiger partial charge in [-0.2, -0.15) is 0 Å². The van der Waals surface area contributed by atoms with Crippen LogP contribution in [0, 0.1) is 13.8 Å². The molecule has 29 heavy (non-hydrogen) atoms. The van der Waals surface area contributed by atoms with Crippen molar-refractivity contribution in [2.45, 2.75) is 45.6 Å². The number of anilines is 1. The first-order valence-electron chi connectivity index (χ1n) is 10.8. The Kier molecular flexibility index (Phi) is 6.50. The van der Waals surface area contributed by atoms with Gasteiger partial charge in [-0.25, -0.2) is 4.98 Å². The molecular weight excluding hydrogens is 380 g/mol. The highest BCUT2D eigenvalue weighted by atomic mass is 32.1. The number of hydrogen-bond acceptors (Lipinski definition) is 5. The molecule has 0 aliphatic carbocycles. The molecule has 4 rings (SSSR count). The molecule has 3 heterocycles. The predicted octanol–water partition coefficient (Wildman–Crippen LogP) is 3.51. The van der Waals surface area contributed by atoms with E-state index in [2.05, 4.69) is 50.9 Å². The minimum absolute atomic E-state index is 0.307. The lowest BCUT2D eigenvalue weighted by molar-refractivity contribution is -0.133. The fourth-order valence-electron chi connectivity index (χ4n) is 4.67. The molecule has 1 amide bonds. The summed E-state index contributed by atoms with van der Waals surface area (Å²) in [6.07, 6.45) is 3.76. The van der Waals surface area contributed by atoms with E-state index in [9.17, 15) is 4.79 Å². The third-order valence-corrected chi connectivity index (χ3v) is 7.44. The summed E-state index contributed by atoms with van der Waals surface area (Å²) >= 11 is 1.67. The molecule has 0 spiro atoms. The second-order valence-corrected chi connectivity index (χ2v) is 9.25. The molecule has 156 valence electrons. The van der Waals surface area contributed by atoms with Gasteiger partial charge in [0.2, 0.25) is 5.91 Å². The number of aromatic nitrogens is 1. The summed E-state index contributed by atoms with van der Waals surface area (Å²) in [4.78, 5) is 25.6. The zero-order valence-electron chi connectivity index (χ0n) is 17.6. The molecule has 2 aliphatic rings. The number of benzene rings is 1. The smallest absolute Gasteiger partial charge is 0.222 e. The number of rotatable bonds is 5. The maximum absolute atomic E-state index is 12.8. The Balaban J connectivity index is 1.28. The second-order valence-electron chi connectivity index (χ2n) is 8.31. The van der Waals surface area contributed by atoms with Gasteiger partial charge in [-0.3, -0.25) is 9.69 Å². The van der Waals surface area contributed by atoms with Crippen LogP contribution in [0.25, 0.3) is 0 Å². The molecule has 0 bridgehead atoms. The Morgan fingerprint density at radius 1 is 1.14 bits per heavy atom. The molecule has 1 aromatic heterocycles. The number of hydrogen-bond donors (Lipinski definition) is 0. The van der Waals surface area contributed by atoms with Crippen LogP contribution in [0.1, 0.15) is 35.4 Å². The van der Waals surface area contributed by atoms with Gasteiger partial charge >= 0.3 is 0 Å². The van der Waals surface area contributed by atoms with Gasteiger partial charge in [0.25, 0.3) is 0 Å². The molecule has 0 N–H and O–H groups in total. The molecule has 6 heteroatoms. The predicted molar refractivity (Wildman–Crippen MR) is 120 cm³/mol. The zero-order chi connectivity index (χ0) is 20.2. The first-order valence-corrected chi connectivity index (χ1v) is 11.7. The lowest BCUT2D eigenvalue weighted by Gasteiger charge is -2.44. The molecule has 5 nitrogen and oxygen atoms in total. The average Bonchev–Trinajstić information content (AvgIpc) is 3.17. The third kappa shape index (κ3) is 4.81. The fourth-order valence-corrected chi connectivity index (χ4v) is 5.45. The van der Waals surface area contributed by atoms with E-state index in [1.807, 2.05) is 12.4 Å². The van der Waals surface area contributed by atoms with Gasteiger partial charge in [0.05, 0.1) is 11.2 Å². The zero-order valence-corrected chi connectivity index (χ0v) is 18.5. The summed E-state index contributed by atoms with van der Waals surface area (Å²) in [5, 5.41) is 0. The van der Waals surface area contributed by atoms with Crippen LogP contribution < -0.4 is 4.90 Å². The number of nitrogens with zero attached hydrogens (tertiary/aromatic N) is 4. The normalized spacial score (nSPS) is 20.8. The van der Waals surface area contributed by atoms with Gasteiger partial charge < -0.3 is 9.80 Å². The molecule has 0 radical (unpaired) electrons. The highest BCUT2D eigenvalue weighted by Crippen LogP contribution is 2.24. The van der Waals surface area contributed by atoms with Gasteiger partial charge in [-0.15, -0.1) is 11.3 Å². The number of piperidine rings is 1. The van der Waals surface area contributed by atoms with Crippen molar-refractivity contribution in [3.05, 3.63) is 45.9 Å². The standard InChI is InChI=1S/C23H32N4OS/c1-18-6-3-4-8-21(18)26-14-12-25(13-15-26)20-7-5-11-27(16-20)23(28)10-9-22-19(2)24-17-29-22/h3-4,6,8,17,20H,5,7,9-16H2,1-2H3/t20-/m0/s1. The number of likely N-dealkylation sites (tertiary alicyclic amines) is 1. The first-order chi connectivity index (χ1) is 14.1. The van der Waals surface area contributed by atoms with Crippen molar-refractivity contribution < 1.29 is 4.79 Å². The van der Waals surface area contributed by atoms with Gasteiger partial charge in [0.15, 0.2) is 0 Å². The maximum atomic E-state index is 12.8. The molecule has 1 atom stereocenters. The van der Waals surface area contributed by atoms with E-state index in [1.54, 1.807) is 11.3 Å². The number of piperazine rings is 1. The topological polar surface area (TPSA) is 39.7 Å². The van der Waals surface area contributed by atoms with Crippen molar-refractivity contribution in [1.29, 1.82) is 0 Å². The number of carbonyl (C=O) groups is 1. The van der Waals surface area contributed by atoms with Gasteiger partial charge in [-0.05, 0) is 44.7 Å². The molecule has 0 saturated carbocycles. The quantitative estimate of drug-likeness (QED) is 0.754. The van der Waals surface area contributed by atoms with Gasteiger partial charge in [0, 0.05) is 62.3 Å². The van der Waals surface area contributed by atoms with E-state index >= 15 is 0 Å². The third-order valence-electron chi connectivity index (χ3n) is 6.45. The number of amides is 1. The van der Waals surface area contributed by atoms with Crippen molar-refractivity contribution >= 4 is 22.9 Å². The lowest BCUT2D eigenvalue weighted by Crippen LogP contribution is -2.56. The highest BCUT2D eigenvalue weighted by molar-refractivity contribution is 7.09. The van der Waals surface area contributed by atoms with Crippen molar-refractivity contribution in [3.8, 4) is 0 Å². The van der Waals surface area contributed by atoms with E-state index in [0.29, 0.717) is 18.4 Å². The summed E-state index contributed by atoms with van der Waals surface area (Å²) in [5.41, 5.74) is 5.67. The highest BCUT2D eigenvalue weighted by Gasteiger charge is 2.30.